The molecule has 1 unspecified atom stereocenters. The van der Waals surface area contributed by atoms with Crippen LogP contribution < -0.4 is 5.32 Å². The van der Waals surface area contributed by atoms with Gasteiger partial charge in [-0.05, 0) is 25.7 Å². The maximum atomic E-state index is 8.73. The maximum absolute atomic E-state index is 8.73. The molecule has 1 aliphatic carbocycles. The van der Waals surface area contributed by atoms with E-state index in [1.165, 1.54) is 12.8 Å². The van der Waals surface area contributed by atoms with Gasteiger partial charge in [0.25, 0.3) is 0 Å². The summed E-state index contributed by atoms with van der Waals surface area (Å²) in [7, 11) is 0. The number of hydrogen-bond acceptors (Lipinski definition) is 3. The van der Waals surface area contributed by atoms with Crippen molar-refractivity contribution >= 4 is 5.69 Å². The summed E-state index contributed by atoms with van der Waals surface area (Å²) in [5.74, 6) is 0.844. The Morgan fingerprint density at radius 1 is 1.71 bits per heavy atom. The Morgan fingerprint density at radius 2 is 2.50 bits per heavy atom. The zero-order valence-electron chi connectivity index (χ0n) is 8.48. The van der Waals surface area contributed by atoms with E-state index in [0.29, 0.717) is 12.6 Å². The van der Waals surface area contributed by atoms with Gasteiger partial charge in [0.15, 0.2) is 0 Å². The van der Waals surface area contributed by atoms with Crippen molar-refractivity contribution in [2.24, 2.45) is 5.92 Å². The van der Waals surface area contributed by atoms with E-state index in [-0.39, 0.29) is 6.61 Å². The van der Waals surface area contributed by atoms with Crippen LogP contribution >= 0.6 is 0 Å². The van der Waals surface area contributed by atoms with Crippen molar-refractivity contribution < 1.29 is 5.11 Å². The van der Waals surface area contributed by atoms with Crippen LogP contribution in [0, 0.1) is 5.92 Å². The highest BCUT2D eigenvalue weighted by atomic mass is 16.3. The lowest BCUT2D eigenvalue weighted by atomic mass is 10.2. The zero-order valence-corrected chi connectivity index (χ0v) is 8.48. The van der Waals surface area contributed by atoms with E-state index < -0.39 is 0 Å². The molecule has 0 aliphatic heterocycles. The molecule has 1 fully saturated rings. The van der Waals surface area contributed by atoms with E-state index >= 15 is 0 Å². The van der Waals surface area contributed by atoms with Gasteiger partial charge in [-0.2, -0.15) is 5.10 Å². The van der Waals surface area contributed by atoms with Crippen LogP contribution in [0.25, 0.3) is 0 Å². The van der Waals surface area contributed by atoms with Gasteiger partial charge in [-0.1, -0.05) is 0 Å². The van der Waals surface area contributed by atoms with Crippen molar-refractivity contribution in [3.63, 3.8) is 0 Å². The number of aliphatic hydroxyl groups is 1. The predicted octanol–water partition coefficient (Wildman–Crippen LogP) is 1.09. The first kappa shape index (κ1) is 9.52. The largest absolute Gasteiger partial charge is 0.394 e. The quantitative estimate of drug-likeness (QED) is 0.739. The Balaban J connectivity index is 1.88. The van der Waals surface area contributed by atoms with E-state index in [9.17, 15) is 0 Å². The third kappa shape index (κ3) is 2.26. The number of nitrogens with zero attached hydrogens (tertiary/aromatic N) is 2. The van der Waals surface area contributed by atoms with Crippen molar-refractivity contribution in [3.8, 4) is 0 Å². The molecular weight excluding hydrogens is 178 g/mol. The third-order valence-electron chi connectivity index (χ3n) is 2.69. The lowest BCUT2D eigenvalue weighted by molar-refractivity contribution is 0.269. The second-order valence-electron chi connectivity index (χ2n) is 3.99. The highest BCUT2D eigenvalue weighted by Gasteiger charge is 2.27. The average molecular weight is 195 g/mol. The molecule has 1 aromatic heterocycles. The van der Waals surface area contributed by atoms with Gasteiger partial charge < -0.3 is 10.4 Å². The van der Waals surface area contributed by atoms with Crippen LogP contribution in [0.2, 0.25) is 0 Å². The van der Waals surface area contributed by atoms with Crippen LogP contribution in [0.5, 0.6) is 0 Å². The highest BCUT2D eigenvalue weighted by molar-refractivity contribution is 5.39. The molecule has 1 aliphatic rings. The highest BCUT2D eigenvalue weighted by Crippen LogP contribution is 2.33. The molecule has 0 bridgehead atoms. The van der Waals surface area contributed by atoms with Crippen molar-refractivity contribution in [1.82, 2.24) is 9.78 Å². The summed E-state index contributed by atoms with van der Waals surface area (Å²) in [6, 6.07) is 0.543. The minimum Gasteiger partial charge on any atom is -0.394 e. The molecule has 0 saturated heterocycles. The molecular formula is C10H17N3O. The average Bonchev–Trinajstić information content (AvgIpc) is 2.92. The first-order valence-electron chi connectivity index (χ1n) is 5.19. The lowest BCUT2D eigenvalue weighted by Crippen LogP contribution is -2.16. The fourth-order valence-electron chi connectivity index (χ4n) is 1.64. The van der Waals surface area contributed by atoms with E-state index in [1.54, 1.807) is 4.68 Å². The normalized spacial score (nSPS) is 18.1. The van der Waals surface area contributed by atoms with Gasteiger partial charge >= 0.3 is 0 Å². The van der Waals surface area contributed by atoms with Crippen molar-refractivity contribution in [2.75, 3.05) is 11.9 Å². The van der Waals surface area contributed by atoms with Gasteiger partial charge in [0.2, 0.25) is 0 Å². The van der Waals surface area contributed by atoms with Gasteiger partial charge in [-0.15, -0.1) is 0 Å². The Labute approximate surface area is 83.9 Å². The standard InChI is InChI=1S/C10H17N3O/c1-8(9-2-3-9)12-10-6-11-13(7-10)4-5-14/h6-9,12,14H,2-5H2,1H3. The summed E-state index contributed by atoms with van der Waals surface area (Å²) in [5, 5.41) is 16.3. The molecule has 0 spiro atoms. The van der Waals surface area contributed by atoms with Crippen molar-refractivity contribution in [1.29, 1.82) is 0 Å². The number of nitrogens with one attached hydrogen (secondary N) is 1. The fraction of sp³-hybridized carbons (Fsp3) is 0.700. The molecule has 2 rings (SSSR count). The minimum atomic E-state index is 0.138. The number of anilines is 1. The molecule has 4 nitrogen and oxygen atoms in total. The fourth-order valence-corrected chi connectivity index (χ4v) is 1.64. The molecule has 0 aromatic carbocycles. The van der Waals surface area contributed by atoms with E-state index in [0.717, 1.165) is 11.6 Å². The van der Waals surface area contributed by atoms with Crippen LogP contribution in [0.1, 0.15) is 19.8 Å². The van der Waals surface area contributed by atoms with Crippen LogP contribution in [0.4, 0.5) is 5.69 Å². The van der Waals surface area contributed by atoms with E-state index in [2.05, 4.69) is 17.3 Å². The molecule has 1 saturated carbocycles. The number of aromatic nitrogens is 2. The first-order chi connectivity index (χ1) is 6.79. The summed E-state index contributed by atoms with van der Waals surface area (Å²) in [5.41, 5.74) is 1.05. The molecule has 0 radical (unpaired) electrons. The molecule has 0 amide bonds. The molecule has 1 aromatic rings. The monoisotopic (exact) mass is 195 g/mol. The maximum Gasteiger partial charge on any atom is 0.0728 e. The Morgan fingerprint density at radius 3 is 3.14 bits per heavy atom. The van der Waals surface area contributed by atoms with Crippen molar-refractivity contribution in [2.45, 2.75) is 32.4 Å². The Hall–Kier alpha value is -1.03. The minimum absolute atomic E-state index is 0.138. The predicted molar refractivity (Wildman–Crippen MR) is 55.1 cm³/mol. The smallest absolute Gasteiger partial charge is 0.0728 e. The topological polar surface area (TPSA) is 50.1 Å². The Kier molecular flexibility index (Phi) is 2.72. The van der Waals surface area contributed by atoms with Crippen molar-refractivity contribution in [3.05, 3.63) is 12.4 Å². The van der Waals surface area contributed by atoms with Crippen LogP contribution in [0.3, 0.4) is 0 Å². The summed E-state index contributed by atoms with van der Waals surface area (Å²) in [6.45, 7) is 2.92. The van der Waals surface area contributed by atoms with Gasteiger partial charge in [0.1, 0.15) is 0 Å². The second kappa shape index (κ2) is 4.00. The van der Waals surface area contributed by atoms with E-state index in [1.807, 2.05) is 12.4 Å². The second-order valence-corrected chi connectivity index (χ2v) is 3.99. The molecule has 1 atom stereocenters. The van der Waals surface area contributed by atoms with Gasteiger partial charge in [0.05, 0.1) is 25.0 Å². The van der Waals surface area contributed by atoms with Crippen LogP contribution in [0.15, 0.2) is 12.4 Å². The molecule has 4 heteroatoms. The molecule has 14 heavy (non-hydrogen) atoms. The number of aliphatic hydroxyl groups excluding tert-OH is 1. The number of hydrogen-bond donors (Lipinski definition) is 2. The molecule has 78 valence electrons. The third-order valence-corrected chi connectivity index (χ3v) is 2.69. The van der Waals surface area contributed by atoms with Gasteiger partial charge in [-0.3, -0.25) is 4.68 Å². The summed E-state index contributed by atoms with van der Waals surface area (Å²) >= 11 is 0. The van der Waals surface area contributed by atoms with Crippen LogP contribution in [-0.4, -0.2) is 27.5 Å². The summed E-state index contributed by atoms with van der Waals surface area (Å²) < 4.78 is 1.75. The SMILES string of the molecule is CC(Nc1cnn(CCO)c1)C1CC1. The Bertz CT molecular complexity index is 293. The van der Waals surface area contributed by atoms with E-state index in [4.69, 9.17) is 5.11 Å². The van der Waals surface area contributed by atoms with Gasteiger partial charge in [0, 0.05) is 12.2 Å². The van der Waals surface area contributed by atoms with Crippen LogP contribution in [-0.2, 0) is 6.54 Å². The summed E-state index contributed by atoms with van der Waals surface area (Å²) in [6.07, 6.45) is 6.45. The molecule has 2 N–H and O–H groups in total. The lowest BCUT2D eigenvalue weighted by Gasteiger charge is -2.11. The summed E-state index contributed by atoms with van der Waals surface area (Å²) in [4.78, 5) is 0. The first-order valence-corrected chi connectivity index (χ1v) is 5.19. The molecule has 1 heterocycles. The zero-order chi connectivity index (χ0) is 9.97. The number of rotatable bonds is 5. The van der Waals surface area contributed by atoms with Gasteiger partial charge in [-0.25, -0.2) is 0 Å².